The zero-order chi connectivity index (χ0) is 11.0. The number of carbonyl (C=O) groups is 1. The Labute approximate surface area is 85.9 Å². The van der Waals surface area contributed by atoms with Gasteiger partial charge in [0.15, 0.2) is 0 Å². The van der Waals surface area contributed by atoms with Crippen molar-refractivity contribution in [3.8, 4) is 0 Å². The van der Waals surface area contributed by atoms with Gasteiger partial charge in [0.1, 0.15) is 0 Å². The number of rotatable bonds is 8. The molecule has 0 aliphatic heterocycles. The summed E-state index contributed by atoms with van der Waals surface area (Å²) in [6.07, 6.45) is 2.04. The standard InChI is InChI=1S/C10H21NO3/c1-4-9(8-10(12)13)11(2)6-5-7-14-3/h9H,4-8H2,1-3H3,(H,12,13). The van der Waals surface area contributed by atoms with Crippen LogP contribution in [-0.4, -0.2) is 49.3 Å². The molecule has 1 unspecified atom stereocenters. The van der Waals surface area contributed by atoms with E-state index in [-0.39, 0.29) is 12.5 Å². The van der Waals surface area contributed by atoms with Gasteiger partial charge in [0.25, 0.3) is 0 Å². The van der Waals surface area contributed by atoms with E-state index in [1.807, 2.05) is 14.0 Å². The van der Waals surface area contributed by atoms with E-state index in [4.69, 9.17) is 9.84 Å². The van der Waals surface area contributed by atoms with Gasteiger partial charge in [-0.1, -0.05) is 6.92 Å². The van der Waals surface area contributed by atoms with Crippen LogP contribution in [0, 0.1) is 0 Å². The van der Waals surface area contributed by atoms with Gasteiger partial charge in [0.05, 0.1) is 6.42 Å². The lowest BCUT2D eigenvalue weighted by atomic mass is 10.1. The van der Waals surface area contributed by atoms with Crippen molar-refractivity contribution in [2.45, 2.75) is 32.2 Å². The highest BCUT2D eigenvalue weighted by Gasteiger charge is 2.15. The lowest BCUT2D eigenvalue weighted by Crippen LogP contribution is -2.34. The van der Waals surface area contributed by atoms with Crippen LogP contribution in [-0.2, 0) is 9.53 Å². The van der Waals surface area contributed by atoms with Gasteiger partial charge in [-0.3, -0.25) is 4.79 Å². The van der Waals surface area contributed by atoms with Crippen LogP contribution < -0.4 is 0 Å². The molecular formula is C10H21NO3. The average Bonchev–Trinajstić information content (AvgIpc) is 2.14. The van der Waals surface area contributed by atoms with Gasteiger partial charge in [-0.2, -0.15) is 0 Å². The first-order valence-corrected chi connectivity index (χ1v) is 5.02. The van der Waals surface area contributed by atoms with E-state index < -0.39 is 5.97 Å². The Morgan fingerprint density at radius 1 is 1.57 bits per heavy atom. The SMILES string of the molecule is CCC(CC(=O)O)N(C)CCCOC. The molecule has 4 heteroatoms. The van der Waals surface area contributed by atoms with Crippen LogP contribution in [0.4, 0.5) is 0 Å². The Balaban J connectivity index is 3.78. The predicted molar refractivity (Wildman–Crippen MR) is 55.5 cm³/mol. The van der Waals surface area contributed by atoms with Crippen LogP contribution in [0.25, 0.3) is 0 Å². The van der Waals surface area contributed by atoms with Crippen LogP contribution >= 0.6 is 0 Å². The third kappa shape index (κ3) is 5.94. The number of carboxylic acids is 1. The zero-order valence-corrected chi connectivity index (χ0v) is 9.32. The van der Waals surface area contributed by atoms with Crippen LogP contribution in [0.3, 0.4) is 0 Å². The normalized spacial score (nSPS) is 13.1. The van der Waals surface area contributed by atoms with Gasteiger partial charge >= 0.3 is 5.97 Å². The van der Waals surface area contributed by atoms with E-state index in [1.165, 1.54) is 0 Å². The van der Waals surface area contributed by atoms with E-state index in [0.717, 1.165) is 26.0 Å². The molecule has 0 heterocycles. The van der Waals surface area contributed by atoms with Crippen LogP contribution in [0.1, 0.15) is 26.2 Å². The highest BCUT2D eigenvalue weighted by Crippen LogP contribution is 2.07. The highest BCUT2D eigenvalue weighted by atomic mass is 16.5. The van der Waals surface area contributed by atoms with Crippen molar-refractivity contribution in [1.29, 1.82) is 0 Å². The smallest absolute Gasteiger partial charge is 0.304 e. The summed E-state index contributed by atoms with van der Waals surface area (Å²) in [7, 11) is 3.64. The number of ether oxygens (including phenoxy) is 1. The molecule has 0 saturated heterocycles. The Hall–Kier alpha value is -0.610. The third-order valence-electron chi connectivity index (χ3n) is 2.36. The van der Waals surface area contributed by atoms with Gasteiger partial charge in [-0.25, -0.2) is 0 Å². The van der Waals surface area contributed by atoms with Gasteiger partial charge in [0.2, 0.25) is 0 Å². The molecule has 0 aliphatic rings. The largest absolute Gasteiger partial charge is 0.481 e. The minimum absolute atomic E-state index is 0.143. The average molecular weight is 203 g/mol. The summed E-state index contributed by atoms with van der Waals surface area (Å²) in [4.78, 5) is 12.6. The number of hydrogen-bond donors (Lipinski definition) is 1. The molecule has 0 aromatic carbocycles. The lowest BCUT2D eigenvalue weighted by Gasteiger charge is -2.25. The van der Waals surface area contributed by atoms with Gasteiger partial charge < -0.3 is 14.7 Å². The number of aliphatic carboxylic acids is 1. The molecule has 0 bridgehead atoms. The molecular weight excluding hydrogens is 182 g/mol. The topological polar surface area (TPSA) is 49.8 Å². The molecule has 0 rings (SSSR count). The predicted octanol–water partition coefficient (Wildman–Crippen LogP) is 1.21. The van der Waals surface area contributed by atoms with Gasteiger partial charge in [-0.05, 0) is 19.9 Å². The van der Waals surface area contributed by atoms with Crippen molar-refractivity contribution in [2.75, 3.05) is 27.3 Å². The fraction of sp³-hybridized carbons (Fsp3) is 0.900. The molecule has 0 aromatic heterocycles. The lowest BCUT2D eigenvalue weighted by molar-refractivity contribution is -0.138. The summed E-state index contributed by atoms with van der Waals surface area (Å²) < 4.78 is 4.94. The first kappa shape index (κ1) is 13.4. The van der Waals surface area contributed by atoms with Crippen LogP contribution in [0.5, 0.6) is 0 Å². The Kier molecular flexibility index (Phi) is 7.42. The van der Waals surface area contributed by atoms with Crippen molar-refractivity contribution in [3.05, 3.63) is 0 Å². The maximum Gasteiger partial charge on any atom is 0.304 e. The van der Waals surface area contributed by atoms with Crippen LogP contribution in [0.2, 0.25) is 0 Å². The van der Waals surface area contributed by atoms with E-state index in [9.17, 15) is 4.79 Å². The fourth-order valence-corrected chi connectivity index (χ4v) is 1.45. The molecule has 0 spiro atoms. The van der Waals surface area contributed by atoms with Crippen molar-refractivity contribution < 1.29 is 14.6 Å². The number of hydrogen-bond acceptors (Lipinski definition) is 3. The summed E-state index contributed by atoms with van der Waals surface area (Å²) in [6.45, 7) is 3.63. The first-order chi connectivity index (χ1) is 6.61. The minimum atomic E-state index is -0.726. The summed E-state index contributed by atoms with van der Waals surface area (Å²) in [5, 5.41) is 8.68. The summed E-state index contributed by atoms with van der Waals surface area (Å²) in [5.74, 6) is -0.726. The fourth-order valence-electron chi connectivity index (χ4n) is 1.45. The molecule has 1 atom stereocenters. The van der Waals surface area contributed by atoms with Gasteiger partial charge in [0, 0.05) is 26.3 Å². The summed E-state index contributed by atoms with van der Waals surface area (Å²) >= 11 is 0. The molecule has 0 radical (unpaired) electrons. The molecule has 0 saturated carbocycles. The van der Waals surface area contributed by atoms with Crippen molar-refractivity contribution in [3.63, 3.8) is 0 Å². The third-order valence-corrected chi connectivity index (χ3v) is 2.36. The highest BCUT2D eigenvalue weighted by molar-refractivity contribution is 5.67. The first-order valence-electron chi connectivity index (χ1n) is 5.02. The Morgan fingerprint density at radius 2 is 2.21 bits per heavy atom. The van der Waals surface area contributed by atoms with Gasteiger partial charge in [-0.15, -0.1) is 0 Å². The second-order valence-corrected chi connectivity index (χ2v) is 3.49. The molecule has 0 fully saturated rings. The number of nitrogens with zero attached hydrogens (tertiary/aromatic N) is 1. The molecule has 0 amide bonds. The molecule has 4 nitrogen and oxygen atoms in total. The monoisotopic (exact) mass is 203 g/mol. The van der Waals surface area contributed by atoms with E-state index >= 15 is 0 Å². The van der Waals surface area contributed by atoms with Crippen LogP contribution in [0.15, 0.2) is 0 Å². The molecule has 0 aromatic rings. The van der Waals surface area contributed by atoms with Crippen molar-refractivity contribution >= 4 is 5.97 Å². The zero-order valence-electron chi connectivity index (χ0n) is 9.32. The second-order valence-electron chi connectivity index (χ2n) is 3.49. The van der Waals surface area contributed by atoms with E-state index in [1.54, 1.807) is 7.11 Å². The van der Waals surface area contributed by atoms with Crippen molar-refractivity contribution in [1.82, 2.24) is 4.90 Å². The maximum absolute atomic E-state index is 10.6. The summed E-state index contributed by atoms with van der Waals surface area (Å²) in [5.41, 5.74) is 0. The molecule has 0 aliphatic carbocycles. The molecule has 14 heavy (non-hydrogen) atoms. The Morgan fingerprint density at radius 3 is 2.64 bits per heavy atom. The van der Waals surface area contributed by atoms with E-state index in [2.05, 4.69) is 4.90 Å². The molecule has 1 N–H and O–H groups in total. The van der Waals surface area contributed by atoms with Crippen molar-refractivity contribution in [2.24, 2.45) is 0 Å². The number of carboxylic acid groups (broad SMARTS) is 1. The Bertz CT molecular complexity index is 161. The quantitative estimate of drug-likeness (QED) is 0.602. The van der Waals surface area contributed by atoms with E-state index in [0.29, 0.717) is 0 Å². The summed E-state index contributed by atoms with van der Waals surface area (Å²) in [6, 6.07) is 0.143. The minimum Gasteiger partial charge on any atom is -0.481 e. The molecule has 84 valence electrons. The number of methoxy groups -OCH3 is 1. The maximum atomic E-state index is 10.6. The second kappa shape index (κ2) is 7.76.